The summed E-state index contributed by atoms with van der Waals surface area (Å²) < 4.78 is 10.3. The summed E-state index contributed by atoms with van der Waals surface area (Å²) in [5.74, 6) is -0.100. The van der Waals surface area contributed by atoms with Gasteiger partial charge >= 0.3 is 5.97 Å². The lowest BCUT2D eigenvalue weighted by Gasteiger charge is -2.40. The molecular formula is C23H28N4O5. The van der Waals surface area contributed by atoms with E-state index in [2.05, 4.69) is 9.97 Å². The van der Waals surface area contributed by atoms with Crippen molar-refractivity contribution < 1.29 is 23.9 Å². The van der Waals surface area contributed by atoms with Crippen molar-refractivity contribution in [3.8, 4) is 5.75 Å². The van der Waals surface area contributed by atoms with Crippen molar-refractivity contribution in [2.45, 2.75) is 33.7 Å². The fourth-order valence-corrected chi connectivity index (χ4v) is 3.83. The van der Waals surface area contributed by atoms with Gasteiger partial charge in [0.05, 0.1) is 19.4 Å². The van der Waals surface area contributed by atoms with Gasteiger partial charge in [-0.05, 0) is 45.9 Å². The first-order chi connectivity index (χ1) is 15.3. The lowest BCUT2D eigenvalue weighted by molar-refractivity contribution is 0.0405. The molecule has 1 atom stereocenters. The molecule has 9 heteroatoms. The molecule has 170 valence electrons. The van der Waals surface area contributed by atoms with Crippen molar-refractivity contribution in [1.29, 1.82) is 0 Å². The second-order valence-corrected chi connectivity index (χ2v) is 7.63. The highest BCUT2D eigenvalue weighted by Gasteiger charge is 2.34. The first-order valence-corrected chi connectivity index (χ1v) is 10.5. The number of aryl methyl sites for hydroxylation is 2. The number of amides is 2. The number of hydrogen-bond acceptors (Lipinski definition) is 7. The molecule has 2 heterocycles. The first kappa shape index (κ1) is 23.2. The summed E-state index contributed by atoms with van der Waals surface area (Å²) in [6.45, 7) is 8.10. The van der Waals surface area contributed by atoms with Gasteiger partial charge < -0.3 is 19.3 Å². The molecule has 1 saturated heterocycles. The van der Waals surface area contributed by atoms with Gasteiger partial charge in [-0.25, -0.2) is 14.8 Å². The Morgan fingerprint density at radius 3 is 2.53 bits per heavy atom. The molecule has 1 aliphatic heterocycles. The summed E-state index contributed by atoms with van der Waals surface area (Å²) in [7, 11) is 1.55. The van der Waals surface area contributed by atoms with E-state index < -0.39 is 5.97 Å². The monoisotopic (exact) mass is 440 g/mol. The Morgan fingerprint density at radius 2 is 1.88 bits per heavy atom. The maximum Gasteiger partial charge on any atom is 0.342 e. The van der Waals surface area contributed by atoms with Crippen LogP contribution in [0, 0.1) is 13.8 Å². The Morgan fingerprint density at radius 1 is 1.12 bits per heavy atom. The second-order valence-electron chi connectivity index (χ2n) is 7.63. The van der Waals surface area contributed by atoms with E-state index in [-0.39, 0.29) is 35.7 Å². The van der Waals surface area contributed by atoms with Crippen molar-refractivity contribution in [3.05, 3.63) is 52.6 Å². The number of benzene rings is 1. The van der Waals surface area contributed by atoms with E-state index in [1.807, 2.05) is 6.92 Å². The smallest absolute Gasteiger partial charge is 0.342 e. The van der Waals surface area contributed by atoms with Crippen LogP contribution >= 0.6 is 0 Å². The summed E-state index contributed by atoms with van der Waals surface area (Å²) >= 11 is 0. The zero-order valence-electron chi connectivity index (χ0n) is 19.0. The number of methoxy groups -OCH3 is 1. The molecule has 0 saturated carbocycles. The number of nitrogens with zero attached hydrogens (tertiary/aromatic N) is 4. The summed E-state index contributed by atoms with van der Waals surface area (Å²) in [5.41, 5.74) is 1.06. The van der Waals surface area contributed by atoms with Crippen LogP contribution in [0.15, 0.2) is 24.3 Å². The zero-order chi connectivity index (χ0) is 23.4. The minimum absolute atomic E-state index is 0.0354. The molecule has 0 radical (unpaired) electrons. The maximum atomic E-state index is 13.3. The van der Waals surface area contributed by atoms with E-state index in [1.54, 1.807) is 61.9 Å². The fourth-order valence-electron chi connectivity index (χ4n) is 3.83. The topological polar surface area (TPSA) is 102 Å². The molecule has 32 heavy (non-hydrogen) atoms. The number of carbonyl (C=O) groups is 3. The van der Waals surface area contributed by atoms with Gasteiger partial charge in [-0.15, -0.1) is 0 Å². The number of rotatable bonds is 5. The van der Waals surface area contributed by atoms with Crippen molar-refractivity contribution in [1.82, 2.24) is 19.8 Å². The fraction of sp³-hybridized carbons (Fsp3) is 0.435. The van der Waals surface area contributed by atoms with Crippen molar-refractivity contribution in [2.75, 3.05) is 33.4 Å². The summed E-state index contributed by atoms with van der Waals surface area (Å²) in [6, 6.07) is 6.77. The maximum absolute atomic E-state index is 13.3. The minimum atomic E-state index is -0.617. The Balaban J connectivity index is 1.80. The average Bonchev–Trinajstić information content (AvgIpc) is 2.77. The Hall–Kier alpha value is -3.49. The van der Waals surface area contributed by atoms with E-state index in [4.69, 9.17) is 9.47 Å². The van der Waals surface area contributed by atoms with Gasteiger partial charge in [-0.2, -0.15) is 0 Å². The predicted molar refractivity (Wildman–Crippen MR) is 117 cm³/mol. The van der Waals surface area contributed by atoms with Crippen LogP contribution in [0.25, 0.3) is 0 Å². The van der Waals surface area contributed by atoms with Crippen molar-refractivity contribution in [2.24, 2.45) is 0 Å². The third-order valence-electron chi connectivity index (χ3n) is 5.38. The van der Waals surface area contributed by atoms with Crippen LogP contribution < -0.4 is 4.74 Å². The molecule has 0 N–H and O–H groups in total. The number of piperazine rings is 1. The van der Waals surface area contributed by atoms with Crippen LogP contribution in [0.2, 0.25) is 0 Å². The molecular weight excluding hydrogens is 412 g/mol. The summed E-state index contributed by atoms with van der Waals surface area (Å²) in [4.78, 5) is 50.6. The van der Waals surface area contributed by atoms with Crippen molar-refractivity contribution in [3.63, 3.8) is 0 Å². The van der Waals surface area contributed by atoms with E-state index in [9.17, 15) is 14.4 Å². The molecule has 1 fully saturated rings. The highest BCUT2D eigenvalue weighted by Crippen LogP contribution is 2.21. The number of aromatic nitrogens is 2. The molecule has 1 aromatic heterocycles. The molecule has 0 bridgehead atoms. The molecule has 1 unspecified atom stereocenters. The van der Waals surface area contributed by atoms with E-state index in [0.717, 1.165) is 0 Å². The molecule has 0 aliphatic carbocycles. The van der Waals surface area contributed by atoms with Gasteiger partial charge in [0.2, 0.25) is 0 Å². The van der Waals surface area contributed by atoms with Crippen molar-refractivity contribution >= 4 is 17.8 Å². The molecule has 2 aromatic rings. The third-order valence-corrected chi connectivity index (χ3v) is 5.38. The van der Waals surface area contributed by atoms with Gasteiger partial charge in [-0.3, -0.25) is 9.59 Å². The Bertz CT molecular complexity index is 1040. The average molecular weight is 441 g/mol. The van der Waals surface area contributed by atoms with Gasteiger partial charge in [0.15, 0.2) is 0 Å². The number of hydrogen-bond donors (Lipinski definition) is 0. The molecule has 1 aliphatic rings. The summed E-state index contributed by atoms with van der Waals surface area (Å²) in [6.07, 6.45) is 0. The Kier molecular flexibility index (Phi) is 7.07. The molecule has 2 amide bonds. The second kappa shape index (κ2) is 9.76. The minimum Gasteiger partial charge on any atom is -0.497 e. The SMILES string of the molecule is CCOC(=O)c1c(C)nc(C)nc1C(=O)N1CCN(C(=O)c2cccc(OC)c2)C(C)C1. The van der Waals surface area contributed by atoms with E-state index >= 15 is 0 Å². The van der Waals surface area contributed by atoms with Crippen LogP contribution in [0.3, 0.4) is 0 Å². The number of ether oxygens (including phenoxy) is 2. The highest BCUT2D eigenvalue weighted by atomic mass is 16.5. The quantitative estimate of drug-likeness (QED) is 0.657. The van der Waals surface area contributed by atoms with E-state index in [0.29, 0.717) is 42.5 Å². The molecule has 9 nitrogen and oxygen atoms in total. The van der Waals surface area contributed by atoms with Crippen LogP contribution in [0.4, 0.5) is 0 Å². The molecule has 3 rings (SSSR count). The van der Waals surface area contributed by atoms with Crippen LogP contribution in [0.1, 0.15) is 56.6 Å². The van der Waals surface area contributed by atoms with Gasteiger partial charge in [0.1, 0.15) is 22.8 Å². The predicted octanol–water partition coefficient (Wildman–Crippen LogP) is 2.27. The normalized spacial score (nSPS) is 16.0. The van der Waals surface area contributed by atoms with Crippen LogP contribution in [-0.2, 0) is 4.74 Å². The lowest BCUT2D eigenvalue weighted by atomic mass is 10.1. The van der Waals surface area contributed by atoms with Crippen LogP contribution in [-0.4, -0.2) is 76.9 Å². The third kappa shape index (κ3) is 4.71. The van der Waals surface area contributed by atoms with Gasteiger partial charge in [0, 0.05) is 31.2 Å². The summed E-state index contributed by atoms with van der Waals surface area (Å²) in [5, 5.41) is 0. The first-order valence-electron chi connectivity index (χ1n) is 10.5. The molecule has 0 spiro atoms. The largest absolute Gasteiger partial charge is 0.497 e. The standard InChI is InChI=1S/C23H28N4O5/c1-6-32-23(30)19-15(3)24-16(4)25-20(19)22(29)26-10-11-27(14(2)13-26)21(28)17-8-7-9-18(12-17)31-5/h7-9,12,14H,6,10-11,13H2,1-5H3. The van der Waals surface area contributed by atoms with E-state index in [1.165, 1.54) is 0 Å². The lowest BCUT2D eigenvalue weighted by Crippen LogP contribution is -2.55. The van der Waals surface area contributed by atoms with Gasteiger partial charge in [0.25, 0.3) is 11.8 Å². The molecule has 1 aromatic carbocycles. The number of esters is 1. The van der Waals surface area contributed by atoms with Gasteiger partial charge in [-0.1, -0.05) is 6.07 Å². The number of carbonyl (C=O) groups excluding carboxylic acids is 3. The Labute approximate surface area is 187 Å². The zero-order valence-corrected chi connectivity index (χ0v) is 19.0. The highest BCUT2D eigenvalue weighted by molar-refractivity contribution is 6.04. The van der Waals surface area contributed by atoms with Crippen LogP contribution in [0.5, 0.6) is 5.75 Å².